The number of unbranched alkanes of at least 4 members (excludes halogenated alkanes) is 44. The maximum atomic E-state index is 9.32. The van der Waals surface area contributed by atoms with Crippen LogP contribution < -0.4 is 0 Å². The van der Waals surface area contributed by atoms with E-state index in [1.54, 1.807) is 19.3 Å². The molecule has 0 unspecified atom stereocenters. The Hall–Kier alpha value is -0.0800. The second-order valence-corrected chi connectivity index (χ2v) is 25.0. The molecule has 0 atom stereocenters. The topological polar surface area (TPSA) is 40.5 Å². The third kappa shape index (κ3) is 42.7. The summed E-state index contributed by atoms with van der Waals surface area (Å²) in [4.78, 5) is 0. The highest BCUT2D eigenvalue weighted by Gasteiger charge is 2.48. The molecule has 0 saturated heterocycles. The van der Waals surface area contributed by atoms with Crippen LogP contribution in [0.4, 0.5) is 0 Å². The van der Waals surface area contributed by atoms with E-state index in [1.807, 2.05) is 0 Å². The minimum absolute atomic E-state index is 0.368. The zero-order valence-electron chi connectivity index (χ0n) is 49.9. The normalized spacial score (nSPS) is 15.7. The van der Waals surface area contributed by atoms with Gasteiger partial charge in [0.25, 0.3) is 0 Å². The highest BCUT2D eigenvalue weighted by molar-refractivity contribution is 4.98. The fraction of sp³-hybridized carbons (Fsp3) is 1.00. The van der Waals surface area contributed by atoms with E-state index in [4.69, 9.17) is 0 Å². The molecule has 0 bridgehead atoms. The van der Waals surface area contributed by atoms with Gasteiger partial charge in [0.05, 0.1) is 0 Å². The van der Waals surface area contributed by atoms with Crippen LogP contribution in [0, 0.1) is 10.8 Å². The van der Waals surface area contributed by atoms with Gasteiger partial charge in [-0.2, -0.15) is 0 Å². The van der Waals surface area contributed by atoms with Crippen LogP contribution >= 0.6 is 0 Å². The van der Waals surface area contributed by atoms with E-state index in [0.717, 1.165) is 12.8 Å². The Morgan fingerprint density at radius 1 is 0.197 bits per heavy atom. The Bertz CT molecular complexity index is 916. The zero-order chi connectivity index (χ0) is 51.0. The zero-order valence-corrected chi connectivity index (χ0v) is 49.9. The van der Waals surface area contributed by atoms with Gasteiger partial charge in [-0.3, -0.25) is 0 Å². The van der Waals surface area contributed by atoms with Crippen molar-refractivity contribution in [2.24, 2.45) is 10.8 Å². The van der Waals surface area contributed by atoms with Gasteiger partial charge in [0, 0.05) is 13.2 Å². The highest BCUT2D eigenvalue weighted by atomic mass is 16.3. The van der Waals surface area contributed by atoms with E-state index >= 15 is 0 Å². The standard InChI is InChI=1S/C69H138O2/c1-3-5-7-9-11-13-15-17-19-21-23-25-28-36-44-52-60-68(61-53-45-37-29-26-24-22-20-18-16-14-12-10-8-6-4-2)62-54-46-38-30-27-31-39-47-55-63-69(68,64-56-48-40-32-34-42-50-58-66-70)65-57-49-41-33-35-43-51-59-67-71/h70-71H,3-67H2,1-2H3. The van der Waals surface area contributed by atoms with E-state index in [0.29, 0.717) is 24.0 Å². The lowest BCUT2D eigenvalue weighted by Gasteiger charge is -2.53. The van der Waals surface area contributed by atoms with Crippen LogP contribution in [-0.4, -0.2) is 23.4 Å². The molecule has 71 heavy (non-hydrogen) atoms. The average Bonchev–Trinajstić information content (AvgIpc) is 3.39. The Balaban J connectivity index is 3.09. The van der Waals surface area contributed by atoms with Crippen LogP contribution in [0.5, 0.6) is 0 Å². The average molecular weight is 1000 g/mol. The summed E-state index contributed by atoms with van der Waals surface area (Å²) in [6.45, 7) is 5.40. The fourth-order valence-corrected chi connectivity index (χ4v) is 13.8. The van der Waals surface area contributed by atoms with Gasteiger partial charge in [-0.25, -0.2) is 0 Å². The van der Waals surface area contributed by atoms with Crippen molar-refractivity contribution >= 4 is 0 Å². The first-order valence-electron chi connectivity index (χ1n) is 34.4. The fourth-order valence-electron chi connectivity index (χ4n) is 13.8. The number of aliphatic hydroxyl groups is 2. The van der Waals surface area contributed by atoms with E-state index in [-0.39, 0.29) is 0 Å². The molecule has 1 aliphatic rings. The van der Waals surface area contributed by atoms with E-state index in [9.17, 15) is 10.2 Å². The molecule has 1 saturated carbocycles. The Morgan fingerprint density at radius 3 is 0.535 bits per heavy atom. The summed E-state index contributed by atoms with van der Waals surface area (Å²) in [6, 6.07) is 0. The van der Waals surface area contributed by atoms with Crippen LogP contribution in [-0.2, 0) is 0 Å². The number of aliphatic hydroxyl groups excluding tert-OH is 2. The van der Waals surface area contributed by atoms with Crippen molar-refractivity contribution in [3.8, 4) is 0 Å². The van der Waals surface area contributed by atoms with Crippen molar-refractivity contribution in [3.63, 3.8) is 0 Å². The van der Waals surface area contributed by atoms with Gasteiger partial charge in [0.15, 0.2) is 0 Å². The van der Waals surface area contributed by atoms with Crippen molar-refractivity contribution in [2.75, 3.05) is 13.2 Å². The van der Waals surface area contributed by atoms with Gasteiger partial charge in [-0.05, 0) is 62.2 Å². The van der Waals surface area contributed by atoms with Gasteiger partial charge in [0.2, 0.25) is 0 Å². The quantitative estimate of drug-likeness (QED) is 0.0596. The number of hydrogen-bond acceptors (Lipinski definition) is 2. The smallest absolute Gasteiger partial charge is 0.0431 e. The van der Waals surface area contributed by atoms with E-state index in [2.05, 4.69) is 13.8 Å². The van der Waals surface area contributed by atoms with Crippen LogP contribution in [0.2, 0.25) is 0 Å². The predicted octanol–water partition coefficient (Wildman–Crippen LogP) is 24.6. The monoisotopic (exact) mass is 999 g/mol. The Kier molecular flexibility index (Phi) is 54.5. The molecule has 2 nitrogen and oxygen atoms in total. The maximum Gasteiger partial charge on any atom is 0.0431 e. The first-order chi connectivity index (χ1) is 35.2. The second kappa shape index (κ2) is 56.1. The molecular formula is C69H138O2. The van der Waals surface area contributed by atoms with Gasteiger partial charge >= 0.3 is 0 Å². The van der Waals surface area contributed by atoms with Crippen molar-refractivity contribution in [3.05, 3.63) is 0 Å². The van der Waals surface area contributed by atoms with Crippen molar-refractivity contribution in [1.82, 2.24) is 0 Å². The first-order valence-corrected chi connectivity index (χ1v) is 34.4. The van der Waals surface area contributed by atoms with Crippen molar-refractivity contribution < 1.29 is 10.2 Å². The summed E-state index contributed by atoms with van der Waals surface area (Å²) >= 11 is 0. The lowest BCUT2D eigenvalue weighted by molar-refractivity contribution is -0.0309. The van der Waals surface area contributed by atoms with E-state index < -0.39 is 0 Å². The summed E-state index contributed by atoms with van der Waals surface area (Å²) in [5.41, 5.74) is 1.08. The van der Waals surface area contributed by atoms with Gasteiger partial charge < -0.3 is 10.2 Å². The van der Waals surface area contributed by atoms with Crippen LogP contribution in [0.1, 0.15) is 418 Å². The van der Waals surface area contributed by atoms with Crippen LogP contribution in [0.3, 0.4) is 0 Å². The minimum Gasteiger partial charge on any atom is -0.396 e. The molecule has 0 amide bonds. The third-order valence-electron chi connectivity index (χ3n) is 18.6. The molecule has 426 valence electrons. The number of rotatable bonds is 54. The summed E-state index contributed by atoms with van der Waals surface area (Å²) in [7, 11) is 0. The lowest BCUT2D eigenvalue weighted by atomic mass is 9.51. The van der Waals surface area contributed by atoms with Gasteiger partial charge in [0.1, 0.15) is 0 Å². The van der Waals surface area contributed by atoms with Gasteiger partial charge in [-0.15, -0.1) is 0 Å². The Labute approximate surface area is 450 Å². The molecule has 1 fully saturated rings. The van der Waals surface area contributed by atoms with E-state index in [1.165, 1.54) is 372 Å². The molecule has 1 aliphatic carbocycles. The second-order valence-electron chi connectivity index (χ2n) is 25.0. The summed E-state index contributed by atoms with van der Waals surface area (Å²) in [6.07, 6.45) is 90.9. The molecule has 0 aliphatic heterocycles. The SMILES string of the molecule is CCCCCCCCCCCCCCCCCCC1(CCCCCCCCCCCCCCCCCC)CCCCCCCCCCCC1(CCCCCCCCCCO)CCCCCCCCCCO. The molecule has 0 aromatic rings. The molecular weight excluding hydrogens is 861 g/mol. The predicted molar refractivity (Wildman–Crippen MR) is 321 cm³/mol. The minimum atomic E-state index is 0.368. The van der Waals surface area contributed by atoms with Gasteiger partial charge in [-0.1, -0.05) is 367 Å². The summed E-state index contributed by atoms with van der Waals surface area (Å²) in [5, 5.41) is 18.6. The molecule has 0 aromatic carbocycles. The van der Waals surface area contributed by atoms with Crippen LogP contribution in [0.15, 0.2) is 0 Å². The molecule has 2 N–H and O–H groups in total. The van der Waals surface area contributed by atoms with Crippen molar-refractivity contribution in [2.45, 2.75) is 418 Å². The summed E-state index contributed by atoms with van der Waals surface area (Å²) in [5.74, 6) is 0. The molecule has 0 heterocycles. The lowest BCUT2D eigenvalue weighted by Crippen LogP contribution is -2.43. The Morgan fingerprint density at radius 2 is 0.352 bits per heavy atom. The van der Waals surface area contributed by atoms with Crippen LogP contribution in [0.25, 0.3) is 0 Å². The largest absolute Gasteiger partial charge is 0.396 e. The molecule has 0 spiro atoms. The van der Waals surface area contributed by atoms with Crippen molar-refractivity contribution in [1.29, 1.82) is 0 Å². The maximum absolute atomic E-state index is 9.32. The molecule has 0 radical (unpaired) electrons. The summed E-state index contributed by atoms with van der Waals surface area (Å²) < 4.78 is 0. The number of hydrogen-bond donors (Lipinski definition) is 2. The third-order valence-corrected chi connectivity index (χ3v) is 18.6. The molecule has 1 rings (SSSR count). The molecule has 2 heteroatoms. The molecule has 0 aromatic heterocycles. The first kappa shape index (κ1) is 68.9. The highest BCUT2D eigenvalue weighted by Crippen LogP contribution is 2.59.